The minimum Gasteiger partial charge on any atom is -0.381 e. The minimum absolute atomic E-state index is 0.300. The maximum atomic E-state index is 6.47. The van der Waals surface area contributed by atoms with E-state index in [0.717, 1.165) is 44.8 Å². The molecule has 3 fully saturated rings. The van der Waals surface area contributed by atoms with Gasteiger partial charge in [0.05, 0.1) is 0 Å². The minimum atomic E-state index is 0.300. The van der Waals surface area contributed by atoms with E-state index >= 15 is 0 Å². The molecule has 1 saturated carbocycles. The average molecular weight is 353 g/mol. The third-order valence-corrected chi connectivity index (χ3v) is 7.46. The normalized spacial score (nSPS) is 37.3. The number of hydrogen-bond acceptors (Lipinski definition) is 4. The molecule has 3 rings (SSSR count). The summed E-state index contributed by atoms with van der Waals surface area (Å²) in [5, 5.41) is 0. The second-order valence-corrected chi connectivity index (χ2v) is 8.80. The molecule has 5 unspecified atom stereocenters. The standard InChI is InChI=1S/C21H40N2O2/c1-4-23(19-7-11-25-12-8-19)21-14-18(17-5-9-24-10-6-17)13-20(15(21)2)16(3)22/h15-21H,4-14,22H2,1-3H3. The lowest BCUT2D eigenvalue weighted by atomic mass is 9.64. The predicted octanol–water partition coefficient (Wildman–Crippen LogP) is 3.29. The van der Waals surface area contributed by atoms with Crippen molar-refractivity contribution in [3.8, 4) is 0 Å². The van der Waals surface area contributed by atoms with Crippen molar-refractivity contribution in [3.63, 3.8) is 0 Å². The van der Waals surface area contributed by atoms with Crippen molar-refractivity contribution in [1.82, 2.24) is 4.90 Å². The summed E-state index contributed by atoms with van der Waals surface area (Å²) in [7, 11) is 0. The largest absolute Gasteiger partial charge is 0.381 e. The van der Waals surface area contributed by atoms with E-state index in [2.05, 4.69) is 25.7 Å². The highest BCUT2D eigenvalue weighted by atomic mass is 16.5. The molecule has 2 aliphatic heterocycles. The molecule has 2 heterocycles. The SMILES string of the molecule is CCN(C1CCOCC1)C1CC(C2CCOCC2)CC(C(C)N)C1C. The first kappa shape index (κ1) is 19.6. The Kier molecular flexibility index (Phi) is 7.18. The lowest BCUT2D eigenvalue weighted by Crippen LogP contribution is -2.55. The van der Waals surface area contributed by atoms with Crippen LogP contribution in [-0.2, 0) is 9.47 Å². The molecule has 0 aromatic carbocycles. The fourth-order valence-electron chi connectivity index (χ4n) is 5.95. The summed E-state index contributed by atoms with van der Waals surface area (Å²) in [6, 6.07) is 1.69. The first-order chi connectivity index (χ1) is 12.1. The highest BCUT2D eigenvalue weighted by Gasteiger charge is 2.43. The highest BCUT2D eigenvalue weighted by molar-refractivity contribution is 4.96. The van der Waals surface area contributed by atoms with E-state index in [1.165, 1.54) is 38.5 Å². The summed E-state index contributed by atoms with van der Waals surface area (Å²) in [5.74, 6) is 3.02. The summed E-state index contributed by atoms with van der Waals surface area (Å²) in [6.45, 7) is 12.0. The molecule has 0 aromatic heterocycles. The fourth-order valence-corrected chi connectivity index (χ4v) is 5.95. The van der Waals surface area contributed by atoms with Crippen LogP contribution in [0.1, 0.15) is 59.3 Å². The van der Waals surface area contributed by atoms with Gasteiger partial charge in [-0.1, -0.05) is 13.8 Å². The Hall–Kier alpha value is -0.160. The zero-order chi connectivity index (χ0) is 17.8. The Balaban J connectivity index is 1.76. The van der Waals surface area contributed by atoms with Crippen molar-refractivity contribution in [1.29, 1.82) is 0 Å². The van der Waals surface area contributed by atoms with Gasteiger partial charge in [-0.05, 0) is 75.7 Å². The lowest BCUT2D eigenvalue weighted by Gasteiger charge is -2.51. The van der Waals surface area contributed by atoms with Gasteiger partial charge in [-0.3, -0.25) is 4.90 Å². The van der Waals surface area contributed by atoms with E-state index in [9.17, 15) is 0 Å². The van der Waals surface area contributed by atoms with E-state index in [-0.39, 0.29) is 0 Å². The molecule has 146 valence electrons. The van der Waals surface area contributed by atoms with Crippen LogP contribution in [0.3, 0.4) is 0 Å². The summed E-state index contributed by atoms with van der Waals surface area (Å²) in [5.41, 5.74) is 6.47. The van der Waals surface area contributed by atoms with Crippen LogP contribution in [0.4, 0.5) is 0 Å². The van der Waals surface area contributed by atoms with Crippen molar-refractivity contribution in [2.45, 2.75) is 77.4 Å². The first-order valence-corrected chi connectivity index (χ1v) is 10.8. The van der Waals surface area contributed by atoms with Gasteiger partial charge >= 0.3 is 0 Å². The fraction of sp³-hybridized carbons (Fsp3) is 1.00. The van der Waals surface area contributed by atoms with Crippen LogP contribution in [0, 0.1) is 23.7 Å². The van der Waals surface area contributed by atoms with Crippen molar-refractivity contribution in [2.24, 2.45) is 29.4 Å². The Bertz CT molecular complexity index is 391. The molecule has 2 saturated heterocycles. The Labute approximate surface area is 154 Å². The average Bonchev–Trinajstić information content (AvgIpc) is 2.65. The molecule has 0 amide bonds. The van der Waals surface area contributed by atoms with E-state index in [1.54, 1.807) is 0 Å². The topological polar surface area (TPSA) is 47.7 Å². The number of nitrogens with two attached hydrogens (primary N) is 1. The maximum absolute atomic E-state index is 6.47. The zero-order valence-electron chi connectivity index (χ0n) is 16.7. The van der Waals surface area contributed by atoms with Crippen LogP contribution >= 0.6 is 0 Å². The van der Waals surface area contributed by atoms with Gasteiger partial charge in [0.1, 0.15) is 0 Å². The quantitative estimate of drug-likeness (QED) is 0.825. The number of rotatable bonds is 5. The molecule has 0 radical (unpaired) electrons. The number of nitrogens with zero attached hydrogens (tertiary/aromatic N) is 1. The van der Waals surface area contributed by atoms with Gasteiger partial charge in [-0.15, -0.1) is 0 Å². The summed E-state index contributed by atoms with van der Waals surface area (Å²) in [6.07, 6.45) is 7.58. The summed E-state index contributed by atoms with van der Waals surface area (Å²) >= 11 is 0. The number of hydrogen-bond donors (Lipinski definition) is 1. The molecule has 4 heteroatoms. The van der Waals surface area contributed by atoms with Gasteiger partial charge in [0.25, 0.3) is 0 Å². The molecule has 3 aliphatic rings. The third kappa shape index (κ3) is 4.58. The van der Waals surface area contributed by atoms with Gasteiger partial charge in [0.2, 0.25) is 0 Å². The molecule has 5 atom stereocenters. The molecule has 1 aliphatic carbocycles. The molecule has 0 spiro atoms. The Morgan fingerprint density at radius 2 is 1.56 bits per heavy atom. The summed E-state index contributed by atoms with van der Waals surface area (Å²) < 4.78 is 11.3. The maximum Gasteiger partial charge on any atom is 0.0480 e. The van der Waals surface area contributed by atoms with Crippen LogP contribution in [-0.4, -0.2) is 56.0 Å². The molecule has 0 bridgehead atoms. The second-order valence-electron chi connectivity index (χ2n) is 8.80. The zero-order valence-corrected chi connectivity index (χ0v) is 16.7. The van der Waals surface area contributed by atoms with Crippen molar-refractivity contribution < 1.29 is 9.47 Å². The molecule has 4 nitrogen and oxygen atoms in total. The van der Waals surface area contributed by atoms with Crippen LogP contribution < -0.4 is 5.73 Å². The van der Waals surface area contributed by atoms with E-state index < -0.39 is 0 Å². The van der Waals surface area contributed by atoms with Crippen molar-refractivity contribution in [2.75, 3.05) is 33.0 Å². The van der Waals surface area contributed by atoms with Crippen LogP contribution in [0.15, 0.2) is 0 Å². The third-order valence-electron chi connectivity index (χ3n) is 7.46. The lowest BCUT2D eigenvalue weighted by molar-refractivity contribution is -0.0426. The monoisotopic (exact) mass is 352 g/mol. The molecule has 25 heavy (non-hydrogen) atoms. The summed E-state index contributed by atoms with van der Waals surface area (Å²) in [4.78, 5) is 2.83. The van der Waals surface area contributed by atoms with E-state index in [4.69, 9.17) is 15.2 Å². The van der Waals surface area contributed by atoms with Gasteiger partial charge in [0, 0.05) is 44.6 Å². The van der Waals surface area contributed by atoms with E-state index in [1.807, 2.05) is 0 Å². The van der Waals surface area contributed by atoms with Crippen LogP contribution in [0.2, 0.25) is 0 Å². The Morgan fingerprint density at radius 3 is 2.12 bits per heavy atom. The van der Waals surface area contributed by atoms with Crippen molar-refractivity contribution >= 4 is 0 Å². The van der Waals surface area contributed by atoms with Gasteiger partial charge in [0.15, 0.2) is 0 Å². The van der Waals surface area contributed by atoms with E-state index in [0.29, 0.717) is 30.0 Å². The van der Waals surface area contributed by atoms with Gasteiger partial charge in [-0.2, -0.15) is 0 Å². The van der Waals surface area contributed by atoms with Crippen LogP contribution in [0.5, 0.6) is 0 Å². The van der Waals surface area contributed by atoms with Crippen LogP contribution in [0.25, 0.3) is 0 Å². The predicted molar refractivity (Wildman–Crippen MR) is 103 cm³/mol. The molecular weight excluding hydrogens is 312 g/mol. The molecule has 2 N–H and O–H groups in total. The van der Waals surface area contributed by atoms with Gasteiger partial charge < -0.3 is 15.2 Å². The molecule has 0 aromatic rings. The smallest absolute Gasteiger partial charge is 0.0480 e. The highest BCUT2D eigenvalue weighted by Crippen LogP contribution is 2.44. The first-order valence-electron chi connectivity index (χ1n) is 10.8. The van der Waals surface area contributed by atoms with Gasteiger partial charge in [-0.25, -0.2) is 0 Å². The van der Waals surface area contributed by atoms with Crippen molar-refractivity contribution in [3.05, 3.63) is 0 Å². The Morgan fingerprint density at radius 1 is 0.960 bits per heavy atom. The number of ether oxygens (including phenoxy) is 2. The second kappa shape index (κ2) is 9.16. The molecular formula is C21H40N2O2.